The fourth-order valence-corrected chi connectivity index (χ4v) is 2.99. The molecule has 0 aromatic heterocycles. The van der Waals surface area contributed by atoms with E-state index in [2.05, 4.69) is 5.32 Å². The number of nitrogens with one attached hydrogen (secondary N) is 1. The fourth-order valence-electron chi connectivity index (χ4n) is 2.99. The van der Waals surface area contributed by atoms with E-state index in [0.717, 1.165) is 18.4 Å². The van der Waals surface area contributed by atoms with Crippen LogP contribution in [-0.2, 0) is 15.0 Å². The second kappa shape index (κ2) is 4.26. The first-order valence-corrected chi connectivity index (χ1v) is 6.42. The van der Waals surface area contributed by atoms with Gasteiger partial charge in [0.15, 0.2) is 6.61 Å². The predicted molar refractivity (Wildman–Crippen MR) is 68.3 cm³/mol. The summed E-state index contributed by atoms with van der Waals surface area (Å²) in [5, 5.41) is 12.3. The maximum Gasteiger partial charge on any atom is 0.314 e. The molecule has 1 amide bonds. The number of hydrogen-bond acceptors (Lipinski definition) is 3. The lowest BCUT2D eigenvalue weighted by Gasteiger charge is -2.26. The van der Waals surface area contributed by atoms with Gasteiger partial charge in [0, 0.05) is 0 Å². The highest BCUT2D eigenvalue weighted by atomic mass is 16.5. The number of anilines is 1. The Hall–Kier alpha value is -2.04. The number of carbonyl (C=O) groups excluding carboxylic acids is 1. The van der Waals surface area contributed by atoms with E-state index in [1.807, 2.05) is 0 Å². The summed E-state index contributed by atoms with van der Waals surface area (Å²) in [7, 11) is 0. The standard InChI is InChI=1S/C14H15NO4/c16-12-8-19-11-4-3-9(7-10(11)15-12)14(13(17)18)5-1-2-6-14/h3-4,7H,1-2,5-6,8H2,(H,15,16)(H,17,18). The molecule has 0 atom stereocenters. The molecule has 2 N–H and O–H groups in total. The highest BCUT2D eigenvalue weighted by molar-refractivity contribution is 5.95. The van der Waals surface area contributed by atoms with Gasteiger partial charge in [0.05, 0.1) is 11.1 Å². The molecule has 1 aromatic carbocycles. The van der Waals surface area contributed by atoms with Crippen LogP contribution in [0, 0.1) is 0 Å². The quantitative estimate of drug-likeness (QED) is 0.852. The van der Waals surface area contributed by atoms with Gasteiger partial charge < -0.3 is 15.2 Å². The van der Waals surface area contributed by atoms with Crippen LogP contribution in [0.4, 0.5) is 5.69 Å². The summed E-state index contributed by atoms with van der Waals surface area (Å²) in [4.78, 5) is 23.0. The topological polar surface area (TPSA) is 75.6 Å². The third kappa shape index (κ3) is 1.85. The van der Waals surface area contributed by atoms with Crippen molar-refractivity contribution in [1.82, 2.24) is 0 Å². The summed E-state index contributed by atoms with van der Waals surface area (Å²) in [5.74, 6) is -0.393. The highest BCUT2D eigenvalue weighted by Gasteiger charge is 2.43. The molecule has 1 aromatic rings. The van der Waals surface area contributed by atoms with Crippen LogP contribution in [0.15, 0.2) is 18.2 Å². The second-order valence-electron chi connectivity index (χ2n) is 5.14. The maximum atomic E-state index is 11.6. The van der Waals surface area contributed by atoms with Crippen molar-refractivity contribution >= 4 is 17.6 Å². The lowest BCUT2D eigenvalue weighted by Crippen LogP contribution is -2.33. The summed E-state index contributed by atoms with van der Waals surface area (Å²) in [6, 6.07) is 5.29. The molecule has 2 aliphatic rings. The summed E-state index contributed by atoms with van der Waals surface area (Å²) in [5.41, 5.74) is 0.514. The molecule has 0 saturated heterocycles. The van der Waals surface area contributed by atoms with Crippen molar-refractivity contribution in [3.8, 4) is 5.75 Å². The van der Waals surface area contributed by atoms with Crippen LogP contribution in [0.3, 0.4) is 0 Å². The van der Waals surface area contributed by atoms with Gasteiger partial charge in [-0.3, -0.25) is 9.59 Å². The normalized spacial score (nSPS) is 20.3. The maximum absolute atomic E-state index is 11.6. The largest absolute Gasteiger partial charge is 0.482 e. The number of hydrogen-bond donors (Lipinski definition) is 2. The van der Waals surface area contributed by atoms with E-state index in [4.69, 9.17) is 4.74 Å². The Kier molecular flexibility index (Phi) is 2.69. The molecule has 3 rings (SSSR count). The van der Waals surface area contributed by atoms with E-state index in [0.29, 0.717) is 24.3 Å². The van der Waals surface area contributed by atoms with Crippen LogP contribution in [0.2, 0.25) is 0 Å². The summed E-state index contributed by atoms with van der Waals surface area (Å²) in [6.07, 6.45) is 3.14. The van der Waals surface area contributed by atoms with Crippen molar-refractivity contribution in [1.29, 1.82) is 0 Å². The van der Waals surface area contributed by atoms with E-state index < -0.39 is 11.4 Å². The lowest BCUT2D eigenvalue weighted by molar-refractivity contribution is -0.143. The van der Waals surface area contributed by atoms with Crippen molar-refractivity contribution < 1.29 is 19.4 Å². The molecular weight excluding hydrogens is 246 g/mol. The number of carbonyl (C=O) groups is 2. The molecule has 5 nitrogen and oxygen atoms in total. The minimum atomic E-state index is -0.808. The smallest absolute Gasteiger partial charge is 0.314 e. The Labute approximate surface area is 110 Å². The number of carboxylic acid groups (broad SMARTS) is 1. The zero-order valence-electron chi connectivity index (χ0n) is 10.4. The zero-order valence-corrected chi connectivity index (χ0v) is 10.4. The molecule has 100 valence electrons. The van der Waals surface area contributed by atoms with Gasteiger partial charge in [-0.15, -0.1) is 0 Å². The van der Waals surface area contributed by atoms with Crippen molar-refractivity contribution in [2.45, 2.75) is 31.1 Å². The number of amides is 1. The van der Waals surface area contributed by atoms with Crippen LogP contribution < -0.4 is 10.1 Å². The Bertz CT molecular complexity index is 546. The minimum absolute atomic E-state index is 0.0103. The molecule has 0 unspecified atom stereocenters. The summed E-state index contributed by atoms with van der Waals surface area (Å²) in [6.45, 7) is 0.0103. The van der Waals surface area contributed by atoms with Gasteiger partial charge in [0.1, 0.15) is 5.75 Å². The lowest BCUT2D eigenvalue weighted by atomic mass is 9.78. The average Bonchev–Trinajstić information content (AvgIpc) is 2.88. The van der Waals surface area contributed by atoms with Gasteiger partial charge in [0.2, 0.25) is 0 Å². The molecule has 1 aliphatic carbocycles. The predicted octanol–water partition coefficient (Wildman–Crippen LogP) is 1.91. The molecule has 1 aliphatic heterocycles. The van der Waals surface area contributed by atoms with Crippen LogP contribution in [0.1, 0.15) is 31.2 Å². The van der Waals surface area contributed by atoms with Gasteiger partial charge in [0.25, 0.3) is 5.91 Å². The third-order valence-corrected chi connectivity index (χ3v) is 4.03. The van der Waals surface area contributed by atoms with E-state index >= 15 is 0 Å². The molecule has 5 heteroatoms. The number of aliphatic carboxylic acids is 1. The van der Waals surface area contributed by atoms with Crippen molar-refractivity contribution in [3.63, 3.8) is 0 Å². The Morgan fingerprint density at radius 2 is 2.05 bits per heavy atom. The first kappa shape index (κ1) is 12.0. The number of ether oxygens (including phenoxy) is 1. The van der Waals surface area contributed by atoms with Crippen LogP contribution in [-0.4, -0.2) is 23.6 Å². The molecule has 0 bridgehead atoms. The van der Waals surface area contributed by atoms with Gasteiger partial charge in [-0.2, -0.15) is 0 Å². The Balaban J connectivity index is 2.03. The first-order chi connectivity index (χ1) is 9.12. The van der Waals surface area contributed by atoms with Crippen molar-refractivity contribution in [2.24, 2.45) is 0 Å². The van der Waals surface area contributed by atoms with E-state index in [-0.39, 0.29) is 12.5 Å². The average molecular weight is 261 g/mol. The van der Waals surface area contributed by atoms with Gasteiger partial charge >= 0.3 is 5.97 Å². The van der Waals surface area contributed by atoms with Crippen molar-refractivity contribution in [3.05, 3.63) is 23.8 Å². The Morgan fingerprint density at radius 3 is 2.74 bits per heavy atom. The van der Waals surface area contributed by atoms with Crippen LogP contribution in [0.25, 0.3) is 0 Å². The van der Waals surface area contributed by atoms with E-state index in [1.165, 1.54) is 0 Å². The SMILES string of the molecule is O=C1COc2ccc(C3(C(=O)O)CCCC3)cc2N1. The zero-order chi connectivity index (χ0) is 13.5. The number of rotatable bonds is 2. The first-order valence-electron chi connectivity index (χ1n) is 6.42. The monoisotopic (exact) mass is 261 g/mol. The van der Waals surface area contributed by atoms with E-state index in [1.54, 1.807) is 18.2 Å². The third-order valence-electron chi connectivity index (χ3n) is 4.03. The van der Waals surface area contributed by atoms with Gasteiger partial charge in [-0.25, -0.2) is 0 Å². The molecular formula is C14H15NO4. The summed E-state index contributed by atoms with van der Waals surface area (Å²) < 4.78 is 5.29. The van der Waals surface area contributed by atoms with Gasteiger partial charge in [-0.1, -0.05) is 18.9 Å². The van der Waals surface area contributed by atoms with Gasteiger partial charge in [-0.05, 0) is 30.5 Å². The Morgan fingerprint density at radius 1 is 1.32 bits per heavy atom. The minimum Gasteiger partial charge on any atom is -0.482 e. The highest BCUT2D eigenvalue weighted by Crippen LogP contribution is 2.43. The summed E-state index contributed by atoms with van der Waals surface area (Å²) >= 11 is 0. The molecule has 1 saturated carbocycles. The van der Waals surface area contributed by atoms with Crippen LogP contribution in [0.5, 0.6) is 5.75 Å². The molecule has 1 heterocycles. The number of carboxylic acids is 1. The molecule has 19 heavy (non-hydrogen) atoms. The molecule has 0 radical (unpaired) electrons. The molecule has 1 fully saturated rings. The second-order valence-corrected chi connectivity index (χ2v) is 5.14. The molecule has 0 spiro atoms. The van der Waals surface area contributed by atoms with E-state index in [9.17, 15) is 14.7 Å². The fraction of sp³-hybridized carbons (Fsp3) is 0.429. The number of fused-ring (bicyclic) bond motifs is 1. The van der Waals surface area contributed by atoms with Crippen LogP contribution >= 0.6 is 0 Å². The number of benzene rings is 1. The van der Waals surface area contributed by atoms with Crippen molar-refractivity contribution in [2.75, 3.05) is 11.9 Å².